The Bertz CT molecular complexity index is 2930. The summed E-state index contributed by atoms with van der Waals surface area (Å²) in [6.45, 7) is 12.4. The van der Waals surface area contributed by atoms with Crippen LogP contribution in [0.2, 0.25) is 0 Å². The highest BCUT2D eigenvalue weighted by molar-refractivity contribution is 7.13. The van der Waals surface area contributed by atoms with Crippen LogP contribution in [0.1, 0.15) is 124 Å². The summed E-state index contributed by atoms with van der Waals surface area (Å²) in [5, 5.41) is 30.9. The molecule has 1 aliphatic heterocycles. The van der Waals surface area contributed by atoms with Gasteiger partial charge in [0.15, 0.2) is 5.82 Å². The summed E-state index contributed by atoms with van der Waals surface area (Å²) in [5.74, 6) is -1.01. The maximum Gasteiger partial charge on any atom is 0.271 e. The number of hydrogen-bond acceptors (Lipinski definition) is 12. The SMILES string of the molecule is CC(=O)N[C@H](C(=O)N1C[C@H](O)C[C@H]1C(=O)N[C@@H](C)c1ccc(-c2scnc2C(=O)NC2CCCC(N(C)C(=O)c3cn(-c4cc(C)[nH]n4)c4nc(N[C@@H](C)c5ccc(F)cn5)ccc34)C2)cc1)C(C)(C)C. The fourth-order valence-corrected chi connectivity index (χ4v) is 10.3. The lowest BCUT2D eigenvalue weighted by Gasteiger charge is -2.35. The van der Waals surface area contributed by atoms with E-state index in [0.717, 1.165) is 36.1 Å². The van der Waals surface area contributed by atoms with Gasteiger partial charge in [0.05, 0.1) is 46.0 Å². The Morgan fingerprint density at radius 1 is 0.972 bits per heavy atom. The van der Waals surface area contributed by atoms with Crippen molar-refractivity contribution in [3.63, 3.8) is 0 Å². The third-order valence-electron chi connectivity index (χ3n) is 13.4. The maximum atomic E-state index is 14.5. The van der Waals surface area contributed by atoms with E-state index in [1.54, 1.807) is 40.4 Å². The average molecular weight is 989 g/mol. The second-order valence-corrected chi connectivity index (χ2v) is 20.7. The number of thiazole rings is 1. The summed E-state index contributed by atoms with van der Waals surface area (Å²) in [7, 11) is 1.79. The van der Waals surface area contributed by atoms with E-state index >= 15 is 0 Å². The van der Waals surface area contributed by atoms with Crippen molar-refractivity contribution in [3.05, 3.63) is 107 Å². The van der Waals surface area contributed by atoms with Crippen LogP contribution in [0.15, 0.2) is 72.5 Å². The van der Waals surface area contributed by atoms with Gasteiger partial charge in [-0.25, -0.2) is 14.4 Å². The Balaban J connectivity index is 0.910. The molecule has 5 amide bonds. The number of benzene rings is 1. The van der Waals surface area contributed by atoms with Gasteiger partial charge in [0.2, 0.25) is 17.7 Å². The third kappa shape index (κ3) is 11.1. The van der Waals surface area contributed by atoms with E-state index in [-0.39, 0.29) is 48.8 Å². The van der Waals surface area contributed by atoms with Crippen LogP contribution >= 0.6 is 11.3 Å². The smallest absolute Gasteiger partial charge is 0.271 e. The van der Waals surface area contributed by atoms with Gasteiger partial charge in [0.1, 0.15) is 35.1 Å². The number of fused-ring (bicyclic) bond motifs is 1. The van der Waals surface area contributed by atoms with Crippen molar-refractivity contribution >= 4 is 57.7 Å². The number of rotatable bonds is 14. The second-order valence-electron chi connectivity index (χ2n) is 19.8. The second kappa shape index (κ2) is 20.7. The number of carbonyl (C=O) groups is 5. The molecule has 0 bridgehead atoms. The molecule has 1 saturated heterocycles. The third-order valence-corrected chi connectivity index (χ3v) is 14.2. The number of nitrogens with zero attached hydrogens (tertiary/aromatic N) is 7. The summed E-state index contributed by atoms with van der Waals surface area (Å²) in [6, 6.07) is 13.1. The molecular weight excluding hydrogens is 928 g/mol. The number of aromatic nitrogens is 6. The van der Waals surface area contributed by atoms with E-state index in [1.807, 2.05) is 77.9 Å². The van der Waals surface area contributed by atoms with Crippen molar-refractivity contribution < 1.29 is 33.5 Å². The van der Waals surface area contributed by atoms with E-state index in [2.05, 4.69) is 41.4 Å². The molecule has 6 heterocycles. The summed E-state index contributed by atoms with van der Waals surface area (Å²) in [4.78, 5) is 85.1. The molecule has 0 radical (unpaired) electrons. The number of aryl methyl sites for hydroxylation is 1. The largest absolute Gasteiger partial charge is 0.391 e. The lowest BCUT2D eigenvalue weighted by Crippen LogP contribution is -2.57. The zero-order valence-electron chi connectivity index (χ0n) is 41.1. The first kappa shape index (κ1) is 50.3. The topological polar surface area (TPSA) is 232 Å². The summed E-state index contributed by atoms with van der Waals surface area (Å²) in [6.07, 6.45) is 4.96. The molecule has 5 aromatic heterocycles. The van der Waals surface area contributed by atoms with Crippen molar-refractivity contribution in [1.29, 1.82) is 0 Å². The number of aliphatic hydroxyl groups excluding tert-OH is 1. The Kier molecular flexibility index (Phi) is 14.7. The Morgan fingerprint density at radius 3 is 2.41 bits per heavy atom. The van der Waals surface area contributed by atoms with E-state index in [9.17, 15) is 33.5 Å². The molecule has 7 atom stereocenters. The lowest BCUT2D eigenvalue weighted by atomic mass is 9.85. The molecule has 8 rings (SSSR count). The van der Waals surface area contributed by atoms with Crippen LogP contribution < -0.4 is 21.3 Å². The van der Waals surface area contributed by atoms with Crippen molar-refractivity contribution in [2.75, 3.05) is 18.9 Å². The number of carbonyl (C=O) groups excluding carboxylic acids is 5. The molecule has 1 aromatic carbocycles. The summed E-state index contributed by atoms with van der Waals surface area (Å²) < 4.78 is 15.3. The average Bonchev–Trinajstić information content (AvgIpc) is 4.16. The quantitative estimate of drug-likeness (QED) is 0.0700. The van der Waals surface area contributed by atoms with E-state index in [4.69, 9.17) is 4.98 Å². The number of anilines is 1. The molecule has 374 valence electrons. The Hall–Kier alpha value is -7.06. The van der Waals surface area contributed by atoms with Crippen LogP contribution in [0, 0.1) is 18.2 Å². The fourth-order valence-electron chi connectivity index (χ4n) is 9.50. The number of halogens is 1. The molecule has 2 fully saturated rings. The summed E-state index contributed by atoms with van der Waals surface area (Å²) >= 11 is 1.34. The molecule has 6 N–H and O–H groups in total. The van der Waals surface area contributed by atoms with Gasteiger partial charge in [-0.1, -0.05) is 45.0 Å². The molecular formula is C51H61FN12O6S. The summed E-state index contributed by atoms with van der Waals surface area (Å²) in [5.41, 5.74) is 5.32. The Morgan fingerprint density at radius 2 is 1.73 bits per heavy atom. The van der Waals surface area contributed by atoms with Crippen molar-refractivity contribution in [2.24, 2.45) is 5.41 Å². The first-order chi connectivity index (χ1) is 33.7. The molecule has 2 aliphatic rings. The van der Waals surface area contributed by atoms with Gasteiger partial charge >= 0.3 is 0 Å². The monoisotopic (exact) mass is 988 g/mol. The van der Waals surface area contributed by atoms with Crippen LogP contribution in [0.25, 0.3) is 27.3 Å². The van der Waals surface area contributed by atoms with Gasteiger partial charge < -0.3 is 36.2 Å². The fraction of sp³-hybridized carbons (Fsp3) is 0.431. The molecule has 1 aliphatic carbocycles. The minimum absolute atomic E-state index is 0.0189. The number of amides is 5. The van der Waals surface area contributed by atoms with Crippen molar-refractivity contribution in [1.82, 2.24) is 55.5 Å². The van der Waals surface area contributed by atoms with Gasteiger partial charge in [-0.05, 0) is 87.3 Å². The standard InChI is InChI=1S/C51H61FN12O6S/c1-27-20-42(61-60-27)64-25-38(37-17-19-41(59-46(37)64)55-29(3)39-18-16-33(52)23-53-39)49(69)62(8)35-11-9-10-34(21-35)58-48(68)43-44(71-26-54-43)32-14-12-31(13-15-32)28(2)56-47(67)40-22-36(66)24-63(40)50(70)45(51(5,6)7)57-30(4)65/h12-20,23,25-26,28-29,34-36,40,45,66H,9-11,21-22,24H2,1-8H3,(H,55,59)(H,56,67)(H,57,65)(H,58,68)(H,60,61)/t28-,29-,34?,35?,36+,40-,45+/m0/s1. The number of hydrogen-bond donors (Lipinski definition) is 6. The van der Waals surface area contributed by atoms with Crippen LogP contribution in [0.3, 0.4) is 0 Å². The lowest BCUT2D eigenvalue weighted by molar-refractivity contribution is -0.144. The molecule has 2 unspecified atom stereocenters. The van der Waals surface area contributed by atoms with Gasteiger partial charge in [-0.2, -0.15) is 5.10 Å². The predicted octanol–water partition coefficient (Wildman–Crippen LogP) is 6.39. The molecule has 18 nitrogen and oxygen atoms in total. The van der Waals surface area contributed by atoms with Crippen molar-refractivity contribution in [3.8, 4) is 16.3 Å². The normalized spacial score (nSPS) is 19.4. The highest BCUT2D eigenvalue weighted by Crippen LogP contribution is 2.33. The molecule has 0 spiro atoms. The van der Waals surface area contributed by atoms with E-state index < -0.39 is 47.3 Å². The molecule has 20 heteroatoms. The van der Waals surface area contributed by atoms with Crippen LogP contribution in [-0.2, 0) is 14.4 Å². The number of pyridine rings is 2. The number of likely N-dealkylation sites (tertiary alicyclic amines) is 1. The van der Waals surface area contributed by atoms with Gasteiger partial charge in [-0.3, -0.25) is 38.6 Å². The first-order valence-corrected chi connectivity index (χ1v) is 24.7. The van der Waals surface area contributed by atoms with Gasteiger partial charge in [0, 0.05) is 62.4 Å². The van der Waals surface area contributed by atoms with E-state index in [0.29, 0.717) is 50.9 Å². The number of H-pyrrole nitrogens is 1. The van der Waals surface area contributed by atoms with Crippen molar-refractivity contribution in [2.45, 2.75) is 123 Å². The van der Waals surface area contributed by atoms with E-state index in [1.165, 1.54) is 35.4 Å². The van der Waals surface area contributed by atoms with Crippen LogP contribution in [-0.4, -0.2) is 118 Å². The maximum absolute atomic E-state index is 14.5. The predicted molar refractivity (Wildman–Crippen MR) is 267 cm³/mol. The number of aliphatic hydroxyl groups is 1. The number of nitrogens with one attached hydrogen (secondary N) is 5. The highest BCUT2D eigenvalue weighted by atomic mass is 32.1. The highest BCUT2D eigenvalue weighted by Gasteiger charge is 2.44. The minimum atomic E-state index is -0.915. The Labute approximate surface area is 415 Å². The molecule has 1 saturated carbocycles. The minimum Gasteiger partial charge on any atom is -0.391 e. The number of aromatic amines is 1. The molecule has 6 aromatic rings. The van der Waals surface area contributed by atoms with Gasteiger partial charge in [0.25, 0.3) is 11.8 Å². The molecule has 71 heavy (non-hydrogen) atoms. The number of β-amino-alcohol motifs (C(OH)–C–C–N with tert-alkyl or cyclic N) is 1. The zero-order valence-corrected chi connectivity index (χ0v) is 41.9. The zero-order chi connectivity index (χ0) is 50.9. The first-order valence-electron chi connectivity index (χ1n) is 23.9. The van der Waals surface area contributed by atoms with Crippen LogP contribution in [0.5, 0.6) is 0 Å². The van der Waals surface area contributed by atoms with Crippen LogP contribution in [0.4, 0.5) is 10.2 Å². The van der Waals surface area contributed by atoms with Gasteiger partial charge in [-0.15, -0.1) is 11.3 Å².